The first-order valence-electron chi connectivity index (χ1n) is 10.0. The van der Waals surface area contributed by atoms with E-state index in [0.717, 1.165) is 16.0 Å². The lowest BCUT2D eigenvalue weighted by molar-refractivity contribution is -0.123. The van der Waals surface area contributed by atoms with E-state index in [1.54, 1.807) is 30.0 Å². The van der Waals surface area contributed by atoms with Crippen molar-refractivity contribution in [1.82, 2.24) is 5.32 Å². The van der Waals surface area contributed by atoms with Gasteiger partial charge in [-0.05, 0) is 79.8 Å². The van der Waals surface area contributed by atoms with Gasteiger partial charge in [0.2, 0.25) is 0 Å². The topological polar surface area (TPSA) is 84.5 Å². The minimum absolute atomic E-state index is 0.109. The Morgan fingerprint density at radius 2 is 1.72 bits per heavy atom. The Kier molecular flexibility index (Phi) is 7.82. The summed E-state index contributed by atoms with van der Waals surface area (Å²) in [5, 5.41) is 2.89. The summed E-state index contributed by atoms with van der Waals surface area (Å²) in [7, 11) is -3.72. The van der Waals surface area contributed by atoms with Crippen molar-refractivity contribution in [2.75, 3.05) is 17.6 Å². The third-order valence-corrected chi connectivity index (χ3v) is 6.91. The van der Waals surface area contributed by atoms with Gasteiger partial charge in [0.15, 0.2) is 6.61 Å². The summed E-state index contributed by atoms with van der Waals surface area (Å²) in [5.74, 6) is 0.149. The zero-order chi connectivity index (χ0) is 23.1. The molecule has 0 aliphatic heterocycles. The third-order valence-electron chi connectivity index (χ3n) is 4.77. The highest BCUT2D eigenvalue weighted by Gasteiger charge is 2.15. The second-order valence-corrected chi connectivity index (χ2v) is 9.86. The number of carbonyl (C=O) groups is 1. The molecule has 0 aliphatic carbocycles. The highest BCUT2D eigenvalue weighted by molar-refractivity contribution is 7.98. The number of sulfonamides is 1. The highest BCUT2D eigenvalue weighted by atomic mass is 32.2. The largest absolute Gasteiger partial charge is 0.484 e. The molecule has 0 fully saturated rings. The molecule has 8 heteroatoms. The fraction of sp³-hybridized carbons (Fsp3) is 0.208. The van der Waals surface area contributed by atoms with Crippen molar-refractivity contribution in [2.24, 2.45) is 0 Å². The van der Waals surface area contributed by atoms with Gasteiger partial charge in [0, 0.05) is 10.6 Å². The number of thioether (sulfide) groups is 1. The fourth-order valence-corrected chi connectivity index (χ4v) is 4.50. The smallest absolute Gasteiger partial charge is 0.261 e. The van der Waals surface area contributed by atoms with E-state index in [4.69, 9.17) is 4.74 Å². The molecule has 0 bridgehead atoms. The van der Waals surface area contributed by atoms with E-state index in [-0.39, 0.29) is 23.5 Å². The second kappa shape index (κ2) is 10.6. The number of rotatable bonds is 9. The molecule has 0 saturated heterocycles. The average molecular weight is 471 g/mol. The van der Waals surface area contributed by atoms with E-state index < -0.39 is 10.0 Å². The van der Waals surface area contributed by atoms with Crippen LogP contribution in [0.5, 0.6) is 5.75 Å². The lowest BCUT2D eigenvalue weighted by Gasteiger charge is -2.15. The molecular weight excluding hydrogens is 444 g/mol. The molecule has 0 aliphatic rings. The number of hydrogen-bond donors (Lipinski definition) is 2. The van der Waals surface area contributed by atoms with Crippen molar-refractivity contribution in [2.45, 2.75) is 29.7 Å². The number of hydrogen-bond acceptors (Lipinski definition) is 5. The molecule has 0 aromatic heterocycles. The maximum absolute atomic E-state index is 12.6. The molecule has 168 valence electrons. The molecule has 2 N–H and O–H groups in total. The van der Waals surface area contributed by atoms with Gasteiger partial charge in [-0.25, -0.2) is 8.42 Å². The zero-order valence-corrected chi connectivity index (χ0v) is 19.8. The molecular formula is C24H26N2O4S2. The van der Waals surface area contributed by atoms with Gasteiger partial charge in [0.1, 0.15) is 5.75 Å². The van der Waals surface area contributed by atoms with Gasteiger partial charge in [-0.15, -0.1) is 11.8 Å². The fourth-order valence-electron chi connectivity index (χ4n) is 3.05. The number of nitrogens with one attached hydrogen (secondary N) is 2. The quantitative estimate of drug-likeness (QED) is 0.440. The van der Waals surface area contributed by atoms with Crippen LogP contribution < -0.4 is 14.8 Å². The van der Waals surface area contributed by atoms with Crippen LogP contribution in [0.2, 0.25) is 0 Å². The Morgan fingerprint density at radius 3 is 2.34 bits per heavy atom. The SMILES string of the molecule is CSc1ccc(C(C)NC(=O)COc2ccc(S(=O)(=O)Nc3cccc(C)c3)cc2)cc1. The van der Waals surface area contributed by atoms with Crippen LogP contribution in [-0.4, -0.2) is 27.2 Å². The first kappa shape index (κ1) is 23.7. The lowest BCUT2D eigenvalue weighted by atomic mass is 10.1. The Balaban J connectivity index is 1.54. The first-order valence-corrected chi connectivity index (χ1v) is 12.7. The number of anilines is 1. The Bertz CT molecular complexity index is 1160. The van der Waals surface area contributed by atoms with E-state index in [2.05, 4.69) is 10.0 Å². The molecule has 1 atom stereocenters. The van der Waals surface area contributed by atoms with Crippen LogP contribution in [0.25, 0.3) is 0 Å². The summed E-state index contributed by atoms with van der Waals surface area (Å²) in [6, 6.07) is 20.9. The van der Waals surface area contributed by atoms with Crippen LogP contribution in [-0.2, 0) is 14.8 Å². The van der Waals surface area contributed by atoms with Crippen LogP contribution in [0, 0.1) is 6.92 Å². The predicted octanol–water partition coefficient (Wildman–Crippen LogP) is 4.77. The minimum Gasteiger partial charge on any atom is -0.484 e. The number of aryl methyl sites for hydroxylation is 1. The van der Waals surface area contributed by atoms with Gasteiger partial charge in [-0.2, -0.15) is 0 Å². The van der Waals surface area contributed by atoms with E-state index >= 15 is 0 Å². The maximum atomic E-state index is 12.6. The normalized spacial score (nSPS) is 12.1. The average Bonchev–Trinajstić information content (AvgIpc) is 2.77. The van der Waals surface area contributed by atoms with Crippen molar-refractivity contribution in [3.63, 3.8) is 0 Å². The van der Waals surface area contributed by atoms with Crippen molar-refractivity contribution >= 4 is 33.4 Å². The summed E-state index contributed by atoms with van der Waals surface area (Å²) >= 11 is 1.66. The van der Waals surface area contributed by atoms with Gasteiger partial charge in [-0.3, -0.25) is 9.52 Å². The molecule has 0 radical (unpaired) electrons. The number of ether oxygens (including phenoxy) is 1. The van der Waals surface area contributed by atoms with Gasteiger partial charge >= 0.3 is 0 Å². The predicted molar refractivity (Wildman–Crippen MR) is 129 cm³/mol. The van der Waals surface area contributed by atoms with Gasteiger partial charge in [0.05, 0.1) is 10.9 Å². The summed E-state index contributed by atoms with van der Waals surface area (Å²) in [4.78, 5) is 13.5. The molecule has 0 spiro atoms. The van der Waals surface area contributed by atoms with Gasteiger partial charge < -0.3 is 10.1 Å². The van der Waals surface area contributed by atoms with Gasteiger partial charge in [0.25, 0.3) is 15.9 Å². The standard InChI is InChI=1S/C24H26N2O4S2/c1-17-5-4-6-20(15-17)26-32(28,29)23-13-9-21(10-14-23)30-16-24(27)25-18(2)19-7-11-22(31-3)12-8-19/h4-15,18,26H,16H2,1-3H3,(H,25,27). The van der Waals surface area contributed by atoms with Crippen LogP contribution in [0.1, 0.15) is 24.1 Å². The molecule has 6 nitrogen and oxygen atoms in total. The van der Waals surface area contributed by atoms with E-state index in [1.165, 1.54) is 24.3 Å². The lowest BCUT2D eigenvalue weighted by Crippen LogP contribution is -2.31. The molecule has 3 aromatic rings. The number of benzene rings is 3. The van der Waals surface area contributed by atoms with E-state index in [0.29, 0.717) is 11.4 Å². The Labute approximate surface area is 193 Å². The summed E-state index contributed by atoms with van der Waals surface area (Å²) in [5.41, 5.74) is 2.46. The van der Waals surface area contributed by atoms with Crippen molar-refractivity contribution in [3.8, 4) is 5.75 Å². The monoisotopic (exact) mass is 470 g/mol. The molecule has 3 aromatic carbocycles. The number of carbonyl (C=O) groups excluding carboxylic acids is 1. The van der Waals surface area contributed by atoms with Crippen LogP contribution >= 0.6 is 11.8 Å². The Hall–Kier alpha value is -2.97. The molecule has 0 heterocycles. The minimum atomic E-state index is -3.72. The second-order valence-electron chi connectivity index (χ2n) is 7.30. The van der Waals surface area contributed by atoms with Crippen molar-refractivity contribution in [1.29, 1.82) is 0 Å². The van der Waals surface area contributed by atoms with E-state index in [9.17, 15) is 13.2 Å². The highest BCUT2D eigenvalue weighted by Crippen LogP contribution is 2.21. The Morgan fingerprint density at radius 1 is 1.03 bits per heavy atom. The molecule has 32 heavy (non-hydrogen) atoms. The third kappa shape index (κ3) is 6.51. The van der Waals surface area contributed by atoms with Crippen molar-refractivity contribution in [3.05, 3.63) is 83.9 Å². The molecule has 0 saturated carbocycles. The molecule has 1 amide bonds. The maximum Gasteiger partial charge on any atom is 0.261 e. The van der Waals surface area contributed by atoms with E-state index in [1.807, 2.05) is 50.4 Å². The zero-order valence-electron chi connectivity index (χ0n) is 18.2. The summed E-state index contributed by atoms with van der Waals surface area (Å²) in [6.45, 7) is 3.63. The number of amides is 1. The van der Waals surface area contributed by atoms with Crippen LogP contribution in [0.4, 0.5) is 5.69 Å². The molecule has 1 unspecified atom stereocenters. The van der Waals surface area contributed by atoms with Crippen LogP contribution in [0.15, 0.2) is 82.6 Å². The van der Waals surface area contributed by atoms with Crippen molar-refractivity contribution < 1.29 is 17.9 Å². The first-order chi connectivity index (χ1) is 15.3. The van der Waals surface area contributed by atoms with Crippen LogP contribution in [0.3, 0.4) is 0 Å². The molecule has 3 rings (SSSR count). The van der Waals surface area contributed by atoms with Gasteiger partial charge in [-0.1, -0.05) is 24.3 Å². The summed E-state index contributed by atoms with van der Waals surface area (Å²) in [6.07, 6.45) is 2.01. The summed E-state index contributed by atoms with van der Waals surface area (Å²) < 4.78 is 33.2.